The minimum atomic E-state index is -4.42. The molecule has 2 heterocycles. The summed E-state index contributed by atoms with van der Waals surface area (Å²) in [6, 6.07) is 5.71. The van der Waals surface area contributed by atoms with Crippen LogP contribution in [0.15, 0.2) is 42.7 Å². The molecule has 0 aliphatic carbocycles. The Morgan fingerprint density at radius 2 is 1.91 bits per heavy atom. The van der Waals surface area contributed by atoms with Crippen molar-refractivity contribution < 1.29 is 18.0 Å². The first kappa shape index (κ1) is 14.0. The van der Waals surface area contributed by atoms with Crippen LogP contribution in [0.25, 0.3) is 5.78 Å². The van der Waals surface area contributed by atoms with E-state index in [1.165, 1.54) is 10.7 Å². The average molecular weight is 307 g/mol. The number of hydrogen-bond donors (Lipinski definition) is 1. The molecule has 22 heavy (non-hydrogen) atoms. The smallest absolute Gasteiger partial charge is 0.319 e. The van der Waals surface area contributed by atoms with Gasteiger partial charge in [-0.3, -0.25) is 4.79 Å². The average Bonchev–Trinajstić information content (AvgIpc) is 2.91. The van der Waals surface area contributed by atoms with Crippen molar-refractivity contribution in [2.75, 3.05) is 5.32 Å². The number of benzene rings is 1. The lowest BCUT2D eigenvalue weighted by Gasteiger charge is -2.07. The molecule has 0 fully saturated rings. The highest BCUT2D eigenvalue weighted by molar-refractivity contribution is 6.01. The fourth-order valence-electron chi connectivity index (χ4n) is 1.76. The van der Waals surface area contributed by atoms with E-state index in [9.17, 15) is 18.0 Å². The third-order valence-electron chi connectivity index (χ3n) is 2.79. The van der Waals surface area contributed by atoms with Gasteiger partial charge in [0, 0.05) is 18.1 Å². The second-order valence-electron chi connectivity index (χ2n) is 4.33. The summed E-state index contributed by atoms with van der Waals surface area (Å²) in [5.41, 5.74) is -0.578. The molecule has 0 atom stereocenters. The van der Waals surface area contributed by atoms with Crippen LogP contribution in [0.4, 0.5) is 18.9 Å². The Bertz CT molecular complexity index is 793. The Morgan fingerprint density at radius 3 is 2.55 bits per heavy atom. The molecule has 0 aliphatic rings. The maximum absolute atomic E-state index is 12.4. The Hall–Kier alpha value is -2.97. The number of carbonyl (C=O) groups excluding carboxylic acids is 1. The van der Waals surface area contributed by atoms with Crippen molar-refractivity contribution in [1.29, 1.82) is 0 Å². The van der Waals surface area contributed by atoms with Crippen molar-refractivity contribution in [3.8, 4) is 0 Å². The number of aromatic nitrogens is 4. The monoisotopic (exact) mass is 307 g/mol. The number of alkyl halides is 3. The van der Waals surface area contributed by atoms with Gasteiger partial charge < -0.3 is 5.32 Å². The van der Waals surface area contributed by atoms with Gasteiger partial charge in [-0.1, -0.05) is 0 Å². The van der Waals surface area contributed by atoms with E-state index in [-0.39, 0.29) is 17.3 Å². The zero-order chi connectivity index (χ0) is 15.7. The number of hydrogen-bond acceptors (Lipinski definition) is 4. The molecule has 9 heteroatoms. The third-order valence-corrected chi connectivity index (χ3v) is 2.79. The molecule has 6 nitrogen and oxygen atoms in total. The largest absolute Gasteiger partial charge is 0.416 e. The van der Waals surface area contributed by atoms with Gasteiger partial charge in [0.1, 0.15) is 0 Å². The zero-order valence-corrected chi connectivity index (χ0v) is 10.9. The molecule has 1 N–H and O–H groups in total. The van der Waals surface area contributed by atoms with Crippen LogP contribution in [0.3, 0.4) is 0 Å². The predicted molar refractivity (Wildman–Crippen MR) is 70.2 cm³/mol. The first-order chi connectivity index (χ1) is 10.4. The SMILES string of the molecule is O=C(Nc1ccc(C(F)(F)F)cc1)c1nc2ncccn2n1. The van der Waals surface area contributed by atoms with E-state index in [1.54, 1.807) is 12.3 Å². The van der Waals surface area contributed by atoms with Gasteiger partial charge >= 0.3 is 6.18 Å². The van der Waals surface area contributed by atoms with Crippen LogP contribution >= 0.6 is 0 Å². The lowest BCUT2D eigenvalue weighted by molar-refractivity contribution is -0.137. The van der Waals surface area contributed by atoms with E-state index >= 15 is 0 Å². The Balaban J connectivity index is 1.79. The summed E-state index contributed by atoms with van der Waals surface area (Å²) in [6.07, 6.45) is -1.34. The first-order valence-corrected chi connectivity index (χ1v) is 6.09. The summed E-state index contributed by atoms with van der Waals surface area (Å²) in [5.74, 6) is -0.510. The maximum Gasteiger partial charge on any atom is 0.416 e. The van der Waals surface area contributed by atoms with Gasteiger partial charge in [-0.05, 0) is 30.3 Å². The van der Waals surface area contributed by atoms with Crippen LogP contribution in [-0.4, -0.2) is 25.5 Å². The van der Waals surface area contributed by atoms with Crippen LogP contribution < -0.4 is 5.32 Å². The third kappa shape index (κ3) is 2.73. The summed E-state index contributed by atoms with van der Waals surface area (Å²) < 4.78 is 38.7. The summed E-state index contributed by atoms with van der Waals surface area (Å²) >= 11 is 0. The molecule has 0 saturated heterocycles. The van der Waals surface area contributed by atoms with E-state index in [0.717, 1.165) is 24.3 Å². The molecule has 3 aromatic rings. The van der Waals surface area contributed by atoms with Gasteiger partial charge in [0.05, 0.1) is 5.56 Å². The van der Waals surface area contributed by atoms with E-state index in [4.69, 9.17) is 0 Å². The predicted octanol–water partition coefficient (Wildman–Crippen LogP) is 2.40. The van der Waals surface area contributed by atoms with Gasteiger partial charge in [-0.25, -0.2) is 9.50 Å². The van der Waals surface area contributed by atoms with Crippen LogP contribution in [0.1, 0.15) is 16.2 Å². The number of rotatable bonds is 2. The number of nitrogens with one attached hydrogen (secondary N) is 1. The van der Waals surface area contributed by atoms with Crippen molar-refractivity contribution in [1.82, 2.24) is 19.6 Å². The molecule has 0 saturated carbocycles. The number of anilines is 1. The topological polar surface area (TPSA) is 72.2 Å². The molecule has 1 amide bonds. The second-order valence-corrected chi connectivity index (χ2v) is 4.33. The lowest BCUT2D eigenvalue weighted by Crippen LogP contribution is -2.14. The molecule has 3 rings (SSSR count). The normalized spacial score (nSPS) is 11.6. The molecule has 0 aliphatic heterocycles. The van der Waals surface area contributed by atoms with Crippen LogP contribution in [0, 0.1) is 0 Å². The van der Waals surface area contributed by atoms with E-state index < -0.39 is 17.6 Å². The summed E-state index contributed by atoms with van der Waals surface area (Å²) in [7, 11) is 0. The highest BCUT2D eigenvalue weighted by atomic mass is 19.4. The number of amides is 1. The van der Waals surface area contributed by atoms with E-state index in [2.05, 4.69) is 20.4 Å². The highest BCUT2D eigenvalue weighted by Crippen LogP contribution is 2.29. The van der Waals surface area contributed by atoms with Crippen LogP contribution in [0.5, 0.6) is 0 Å². The van der Waals surface area contributed by atoms with E-state index in [1.807, 2.05) is 0 Å². The van der Waals surface area contributed by atoms with Gasteiger partial charge in [0.25, 0.3) is 11.7 Å². The summed E-state index contributed by atoms with van der Waals surface area (Å²) in [6.45, 7) is 0. The number of fused-ring (bicyclic) bond motifs is 1. The number of halogens is 3. The molecule has 0 bridgehead atoms. The summed E-state index contributed by atoms with van der Waals surface area (Å²) in [5, 5.41) is 6.34. The van der Waals surface area contributed by atoms with Crippen molar-refractivity contribution in [3.63, 3.8) is 0 Å². The minimum Gasteiger partial charge on any atom is -0.319 e. The number of carbonyl (C=O) groups is 1. The van der Waals surface area contributed by atoms with Gasteiger partial charge in [-0.2, -0.15) is 18.2 Å². The molecule has 0 unspecified atom stereocenters. The van der Waals surface area contributed by atoms with Crippen LogP contribution in [-0.2, 0) is 6.18 Å². The molecular formula is C13H8F3N5O. The highest BCUT2D eigenvalue weighted by Gasteiger charge is 2.30. The zero-order valence-electron chi connectivity index (χ0n) is 10.9. The molecule has 2 aromatic heterocycles. The van der Waals surface area contributed by atoms with Gasteiger partial charge in [-0.15, -0.1) is 5.10 Å². The second kappa shape index (κ2) is 5.10. The van der Waals surface area contributed by atoms with Crippen molar-refractivity contribution in [2.24, 2.45) is 0 Å². The van der Waals surface area contributed by atoms with Crippen molar-refractivity contribution in [3.05, 3.63) is 54.1 Å². The van der Waals surface area contributed by atoms with Crippen LogP contribution in [0.2, 0.25) is 0 Å². The minimum absolute atomic E-state index is 0.126. The molecule has 112 valence electrons. The van der Waals surface area contributed by atoms with Gasteiger partial charge in [0.15, 0.2) is 0 Å². The first-order valence-electron chi connectivity index (χ1n) is 6.09. The van der Waals surface area contributed by atoms with E-state index in [0.29, 0.717) is 0 Å². The molecule has 0 radical (unpaired) electrons. The molecule has 1 aromatic carbocycles. The fourth-order valence-corrected chi connectivity index (χ4v) is 1.76. The Labute approximate surface area is 121 Å². The number of nitrogens with zero attached hydrogens (tertiary/aromatic N) is 4. The fraction of sp³-hybridized carbons (Fsp3) is 0.0769. The molecule has 0 spiro atoms. The Morgan fingerprint density at radius 1 is 1.18 bits per heavy atom. The summed E-state index contributed by atoms with van der Waals surface area (Å²) in [4.78, 5) is 19.8. The lowest BCUT2D eigenvalue weighted by atomic mass is 10.2. The molecular weight excluding hydrogens is 299 g/mol. The standard InChI is InChI=1S/C13H8F3N5O/c14-13(15,16)8-2-4-9(5-3-8)18-11(22)10-19-12-17-6-1-7-21(12)20-10/h1-7H,(H,18,22). The van der Waals surface area contributed by atoms with Gasteiger partial charge in [0.2, 0.25) is 5.82 Å². The Kier molecular flexibility index (Phi) is 3.24. The van der Waals surface area contributed by atoms with Crippen molar-refractivity contribution in [2.45, 2.75) is 6.18 Å². The van der Waals surface area contributed by atoms with Crippen molar-refractivity contribution >= 4 is 17.4 Å². The maximum atomic E-state index is 12.4. The quantitative estimate of drug-likeness (QED) is 0.789.